The van der Waals surface area contributed by atoms with Crippen molar-refractivity contribution in [1.82, 2.24) is 25.0 Å². The molecule has 1 aliphatic heterocycles. The van der Waals surface area contributed by atoms with Crippen LogP contribution >= 0.6 is 11.3 Å². The van der Waals surface area contributed by atoms with Crippen molar-refractivity contribution in [3.63, 3.8) is 0 Å². The summed E-state index contributed by atoms with van der Waals surface area (Å²) in [5.74, 6) is 0.0937. The number of aryl methyl sites for hydroxylation is 2. The van der Waals surface area contributed by atoms with E-state index in [1.165, 1.54) is 0 Å². The number of amides is 1. The number of nitrogens with zero attached hydrogens (tertiary/aromatic N) is 4. The molecule has 2 aliphatic rings. The first-order valence-electron chi connectivity index (χ1n) is 8.49. The molecule has 1 saturated carbocycles. The van der Waals surface area contributed by atoms with E-state index in [9.17, 15) is 4.79 Å². The van der Waals surface area contributed by atoms with Gasteiger partial charge in [-0.05, 0) is 44.7 Å². The molecule has 2 fully saturated rings. The van der Waals surface area contributed by atoms with Crippen molar-refractivity contribution in [3.05, 3.63) is 34.0 Å². The van der Waals surface area contributed by atoms with E-state index < -0.39 is 0 Å². The largest absolute Gasteiger partial charge is 0.328 e. The third-order valence-electron chi connectivity index (χ3n) is 5.42. The Morgan fingerprint density at radius 1 is 1.50 bits per heavy atom. The third-order valence-corrected chi connectivity index (χ3v) is 6.18. The molecular weight excluding hydrogens is 322 g/mol. The van der Waals surface area contributed by atoms with Crippen molar-refractivity contribution in [2.45, 2.75) is 38.8 Å². The number of hydrogen-bond donors (Lipinski definition) is 1. The molecule has 128 valence electrons. The number of carbonyl (C=O) groups excluding carboxylic acids is 1. The maximum atomic E-state index is 13.2. The number of thiazole rings is 1. The summed E-state index contributed by atoms with van der Waals surface area (Å²) in [5.41, 5.74) is 1.82. The summed E-state index contributed by atoms with van der Waals surface area (Å²) in [6, 6.07) is 0.329. The van der Waals surface area contributed by atoms with Crippen LogP contribution in [0.1, 0.15) is 40.3 Å². The van der Waals surface area contributed by atoms with Crippen LogP contribution in [0.4, 0.5) is 0 Å². The van der Waals surface area contributed by atoms with Gasteiger partial charge in [-0.1, -0.05) is 0 Å². The second-order valence-electron chi connectivity index (χ2n) is 6.99. The van der Waals surface area contributed by atoms with Crippen LogP contribution in [0.2, 0.25) is 0 Å². The lowest BCUT2D eigenvalue weighted by atomic mass is 9.93. The van der Waals surface area contributed by atoms with Crippen LogP contribution in [0, 0.1) is 12.3 Å². The van der Waals surface area contributed by atoms with Crippen LogP contribution in [-0.2, 0) is 13.6 Å². The molecule has 0 radical (unpaired) electrons. The maximum Gasteiger partial charge on any atom is 0.257 e. The van der Waals surface area contributed by atoms with Gasteiger partial charge in [-0.3, -0.25) is 9.48 Å². The Kier molecular flexibility index (Phi) is 3.92. The standard InChI is InChI=1S/C17H23N5OS/c1-12-13(10-21(2)20-12)16(23)22(11-15-19-7-8-24-15)14-9-17(14)3-5-18-6-4-17/h7-8,10,14,18H,3-6,9,11H2,1-2H3. The molecule has 1 N–H and O–H groups in total. The molecule has 1 amide bonds. The number of rotatable bonds is 4. The van der Waals surface area contributed by atoms with Crippen LogP contribution in [0.25, 0.3) is 0 Å². The average Bonchev–Trinajstić information content (AvgIpc) is 2.92. The summed E-state index contributed by atoms with van der Waals surface area (Å²) < 4.78 is 1.72. The van der Waals surface area contributed by atoms with Gasteiger partial charge in [0.05, 0.1) is 17.8 Å². The number of aromatic nitrogens is 3. The second-order valence-corrected chi connectivity index (χ2v) is 7.97. The van der Waals surface area contributed by atoms with Gasteiger partial charge < -0.3 is 10.2 Å². The molecule has 24 heavy (non-hydrogen) atoms. The van der Waals surface area contributed by atoms with Gasteiger partial charge in [0.25, 0.3) is 5.91 Å². The van der Waals surface area contributed by atoms with E-state index in [0.29, 0.717) is 23.6 Å². The van der Waals surface area contributed by atoms with Gasteiger partial charge in [-0.25, -0.2) is 4.98 Å². The highest BCUT2D eigenvalue weighted by Gasteiger charge is 2.58. The molecule has 2 aromatic heterocycles. The van der Waals surface area contributed by atoms with Crippen LogP contribution in [0.5, 0.6) is 0 Å². The Morgan fingerprint density at radius 3 is 2.92 bits per heavy atom. The molecule has 0 bridgehead atoms. The zero-order valence-electron chi connectivity index (χ0n) is 14.2. The first-order chi connectivity index (χ1) is 11.6. The topological polar surface area (TPSA) is 63.1 Å². The number of carbonyl (C=O) groups is 1. The van der Waals surface area contributed by atoms with Crippen molar-refractivity contribution < 1.29 is 4.79 Å². The number of nitrogens with one attached hydrogen (secondary N) is 1. The van der Waals surface area contributed by atoms with E-state index in [1.54, 1.807) is 16.0 Å². The van der Waals surface area contributed by atoms with E-state index >= 15 is 0 Å². The molecule has 7 heteroatoms. The predicted octanol–water partition coefficient (Wildman–Crippen LogP) is 1.97. The molecule has 1 unspecified atom stereocenters. The quantitative estimate of drug-likeness (QED) is 0.920. The Hall–Kier alpha value is -1.73. The minimum absolute atomic E-state index is 0.0937. The van der Waals surface area contributed by atoms with Crippen LogP contribution in [-0.4, -0.2) is 44.7 Å². The number of hydrogen-bond acceptors (Lipinski definition) is 5. The Labute approximate surface area is 145 Å². The van der Waals surface area contributed by atoms with Crippen molar-refractivity contribution in [3.8, 4) is 0 Å². The Bertz CT molecular complexity index is 732. The van der Waals surface area contributed by atoms with Crippen molar-refractivity contribution in [1.29, 1.82) is 0 Å². The molecule has 1 aliphatic carbocycles. The molecule has 1 saturated heterocycles. The van der Waals surface area contributed by atoms with Crippen LogP contribution in [0.3, 0.4) is 0 Å². The van der Waals surface area contributed by atoms with Gasteiger partial charge in [0.15, 0.2) is 0 Å². The first-order valence-corrected chi connectivity index (χ1v) is 9.37. The summed E-state index contributed by atoms with van der Waals surface area (Å²) in [4.78, 5) is 19.7. The zero-order chi connectivity index (χ0) is 16.7. The summed E-state index contributed by atoms with van der Waals surface area (Å²) in [5, 5.41) is 10.7. The molecular formula is C17H23N5OS. The smallest absolute Gasteiger partial charge is 0.257 e. The molecule has 3 heterocycles. The number of piperidine rings is 1. The third kappa shape index (κ3) is 2.75. The lowest BCUT2D eigenvalue weighted by molar-refractivity contribution is 0.0691. The minimum Gasteiger partial charge on any atom is -0.328 e. The normalized spacial score (nSPS) is 21.8. The highest BCUT2D eigenvalue weighted by Crippen LogP contribution is 2.56. The van der Waals surface area contributed by atoms with Crippen molar-refractivity contribution >= 4 is 17.2 Å². The summed E-state index contributed by atoms with van der Waals surface area (Å²) >= 11 is 1.62. The second kappa shape index (κ2) is 5.97. The van der Waals surface area contributed by atoms with E-state index in [2.05, 4.69) is 15.4 Å². The lowest BCUT2D eigenvalue weighted by Gasteiger charge is -2.29. The van der Waals surface area contributed by atoms with Gasteiger partial charge in [0.2, 0.25) is 0 Å². The average molecular weight is 345 g/mol. The highest BCUT2D eigenvalue weighted by molar-refractivity contribution is 7.09. The molecule has 1 spiro atoms. The summed E-state index contributed by atoms with van der Waals surface area (Å²) in [6.07, 6.45) is 7.08. The van der Waals surface area contributed by atoms with Gasteiger partial charge in [0, 0.05) is 30.9 Å². The van der Waals surface area contributed by atoms with Crippen LogP contribution < -0.4 is 5.32 Å². The van der Waals surface area contributed by atoms with E-state index in [1.807, 2.05) is 36.6 Å². The Morgan fingerprint density at radius 2 is 2.29 bits per heavy atom. The fourth-order valence-electron chi connectivity index (χ4n) is 3.99. The molecule has 2 aromatic rings. The summed E-state index contributed by atoms with van der Waals surface area (Å²) in [7, 11) is 1.86. The SMILES string of the molecule is Cc1nn(C)cc1C(=O)N(Cc1nccs1)C1CC12CCNCC2. The van der Waals surface area contributed by atoms with Gasteiger partial charge in [-0.2, -0.15) is 5.10 Å². The predicted molar refractivity (Wildman–Crippen MR) is 92.9 cm³/mol. The van der Waals surface area contributed by atoms with Crippen molar-refractivity contribution in [2.75, 3.05) is 13.1 Å². The fraction of sp³-hybridized carbons (Fsp3) is 0.588. The van der Waals surface area contributed by atoms with Crippen molar-refractivity contribution in [2.24, 2.45) is 12.5 Å². The van der Waals surface area contributed by atoms with Crippen LogP contribution in [0.15, 0.2) is 17.8 Å². The monoisotopic (exact) mass is 345 g/mol. The maximum absolute atomic E-state index is 13.2. The lowest BCUT2D eigenvalue weighted by Crippen LogP contribution is -2.39. The van der Waals surface area contributed by atoms with E-state index in [4.69, 9.17) is 0 Å². The molecule has 4 rings (SSSR count). The molecule has 0 aromatic carbocycles. The van der Waals surface area contributed by atoms with E-state index in [-0.39, 0.29) is 5.91 Å². The fourth-order valence-corrected chi connectivity index (χ4v) is 4.61. The van der Waals surface area contributed by atoms with Gasteiger partial charge in [-0.15, -0.1) is 11.3 Å². The van der Waals surface area contributed by atoms with E-state index in [0.717, 1.165) is 43.1 Å². The highest BCUT2D eigenvalue weighted by atomic mass is 32.1. The molecule has 6 nitrogen and oxygen atoms in total. The molecule has 1 atom stereocenters. The van der Waals surface area contributed by atoms with Gasteiger partial charge in [0.1, 0.15) is 5.01 Å². The Balaban J connectivity index is 1.61. The minimum atomic E-state index is 0.0937. The first kappa shape index (κ1) is 15.8. The zero-order valence-corrected chi connectivity index (χ0v) is 15.0. The summed E-state index contributed by atoms with van der Waals surface area (Å²) in [6.45, 7) is 4.62. The van der Waals surface area contributed by atoms with Gasteiger partial charge >= 0.3 is 0 Å².